The molecular formula is C18H19Cl2NO3. The van der Waals surface area contributed by atoms with Crippen molar-refractivity contribution in [2.24, 2.45) is 0 Å². The number of nitrogens with zero attached hydrogens (tertiary/aromatic N) is 1. The zero-order valence-corrected chi connectivity index (χ0v) is 15.3. The molecule has 0 radical (unpaired) electrons. The molecule has 2 aromatic rings. The predicted molar refractivity (Wildman–Crippen MR) is 93.8 cm³/mol. The molecule has 1 aliphatic rings. The Morgan fingerprint density at radius 2 is 2.08 bits per heavy atom. The average Bonchev–Trinajstić information content (AvgIpc) is 3.05. The minimum absolute atomic E-state index is 0.272. The molecule has 6 heteroatoms. The number of aliphatic hydroxyl groups excluding tert-OH is 1. The summed E-state index contributed by atoms with van der Waals surface area (Å²) < 4.78 is 5.65. The summed E-state index contributed by atoms with van der Waals surface area (Å²) in [5.74, 6) is 0.802. The number of aliphatic hydroxyl groups is 1. The van der Waals surface area contributed by atoms with Crippen molar-refractivity contribution in [3.63, 3.8) is 0 Å². The molecule has 3 rings (SSSR count). The zero-order valence-electron chi connectivity index (χ0n) is 13.8. The second-order valence-corrected chi connectivity index (χ2v) is 7.00. The van der Waals surface area contributed by atoms with Gasteiger partial charge in [-0.1, -0.05) is 30.1 Å². The van der Waals surface area contributed by atoms with Gasteiger partial charge in [-0.05, 0) is 41.8 Å². The third-order valence-corrected chi connectivity index (χ3v) is 5.14. The first-order valence-corrected chi connectivity index (χ1v) is 8.61. The molecule has 0 saturated heterocycles. The van der Waals surface area contributed by atoms with Crippen LogP contribution in [0.4, 0.5) is 0 Å². The number of furan rings is 1. The van der Waals surface area contributed by atoms with Crippen LogP contribution in [0.25, 0.3) is 0 Å². The van der Waals surface area contributed by atoms with Gasteiger partial charge in [0.2, 0.25) is 0 Å². The number of hydrogen-bond donors (Lipinski definition) is 1. The van der Waals surface area contributed by atoms with Crippen molar-refractivity contribution in [3.05, 3.63) is 56.5 Å². The summed E-state index contributed by atoms with van der Waals surface area (Å²) >= 11 is 12.3. The summed E-state index contributed by atoms with van der Waals surface area (Å²) in [4.78, 5) is 14.3. The van der Waals surface area contributed by atoms with Crippen LogP contribution < -0.4 is 0 Å². The fraction of sp³-hybridized carbons (Fsp3) is 0.389. The van der Waals surface area contributed by atoms with E-state index in [1.807, 2.05) is 13.8 Å². The van der Waals surface area contributed by atoms with E-state index in [0.29, 0.717) is 16.5 Å². The molecular weight excluding hydrogens is 349 g/mol. The maximum atomic E-state index is 12.8. The largest absolute Gasteiger partial charge is 0.456 e. The molecule has 0 aliphatic heterocycles. The molecule has 4 nitrogen and oxygen atoms in total. The number of hydrogen-bond acceptors (Lipinski definition) is 3. The number of fused-ring (bicyclic) bond motifs is 1. The van der Waals surface area contributed by atoms with Crippen LogP contribution >= 0.6 is 23.2 Å². The molecule has 2 atom stereocenters. The third kappa shape index (κ3) is 2.83. The summed E-state index contributed by atoms with van der Waals surface area (Å²) in [5.41, 5.74) is 2.57. The highest BCUT2D eigenvalue weighted by molar-refractivity contribution is 6.35. The highest BCUT2D eigenvalue weighted by atomic mass is 35.5. The number of carbonyl (C=O) groups is 1. The van der Waals surface area contributed by atoms with Crippen LogP contribution in [0.5, 0.6) is 0 Å². The highest BCUT2D eigenvalue weighted by Gasteiger charge is 2.38. The lowest BCUT2D eigenvalue weighted by Crippen LogP contribution is -2.35. The number of halogens is 2. The van der Waals surface area contributed by atoms with Gasteiger partial charge in [-0.25, -0.2) is 0 Å². The molecule has 0 saturated carbocycles. The molecule has 1 N–H and O–H groups in total. The molecule has 24 heavy (non-hydrogen) atoms. The third-order valence-electron chi connectivity index (χ3n) is 4.58. The van der Waals surface area contributed by atoms with Gasteiger partial charge in [0.05, 0.1) is 12.1 Å². The van der Waals surface area contributed by atoms with Crippen molar-refractivity contribution in [3.8, 4) is 0 Å². The molecule has 128 valence electrons. The van der Waals surface area contributed by atoms with E-state index < -0.39 is 12.1 Å². The van der Waals surface area contributed by atoms with E-state index in [9.17, 15) is 9.90 Å². The quantitative estimate of drug-likeness (QED) is 0.884. The second-order valence-electron chi connectivity index (χ2n) is 6.16. The number of amides is 1. The lowest BCUT2D eigenvalue weighted by atomic mass is 10.1. The first kappa shape index (κ1) is 17.3. The lowest BCUT2D eigenvalue weighted by molar-refractivity contribution is 0.0470. The Bertz CT molecular complexity index is 800. The molecule has 1 aliphatic carbocycles. The number of rotatable bonds is 3. The summed E-state index contributed by atoms with van der Waals surface area (Å²) in [6, 6.07) is 4.66. The molecule has 0 fully saturated rings. The highest BCUT2D eigenvalue weighted by Crippen LogP contribution is 2.41. The van der Waals surface area contributed by atoms with Gasteiger partial charge in [0.15, 0.2) is 5.76 Å². The van der Waals surface area contributed by atoms with Crippen LogP contribution in [0.15, 0.2) is 22.6 Å². The fourth-order valence-electron chi connectivity index (χ4n) is 3.37. The van der Waals surface area contributed by atoms with Gasteiger partial charge in [0.25, 0.3) is 5.91 Å². The van der Waals surface area contributed by atoms with Crippen LogP contribution in [-0.4, -0.2) is 29.1 Å². The van der Waals surface area contributed by atoms with E-state index in [-0.39, 0.29) is 11.7 Å². The van der Waals surface area contributed by atoms with Gasteiger partial charge in [0, 0.05) is 29.9 Å². The predicted octanol–water partition coefficient (Wildman–Crippen LogP) is 4.19. The Balaban J connectivity index is 1.95. The molecule has 0 spiro atoms. The Labute approximate surface area is 151 Å². The topological polar surface area (TPSA) is 53.7 Å². The Morgan fingerprint density at radius 3 is 2.71 bits per heavy atom. The van der Waals surface area contributed by atoms with Gasteiger partial charge >= 0.3 is 0 Å². The average molecular weight is 368 g/mol. The van der Waals surface area contributed by atoms with Gasteiger partial charge < -0.3 is 14.4 Å². The van der Waals surface area contributed by atoms with E-state index >= 15 is 0 Å². The first-order chi connectivity index (χ1) is 11.3. The summed E-state index contributed by atoms with van der Waals surface area (Å²) in [7, 11) is 1.66. The van der Waals surface area contributed by atoms with E-state index in [1.54, 1.807) is 25.2 Å². The molecule has 1 heterocycles. The maximum Gasteiger partial charge on any atom is 0.289 e. The van der Waals surface area contributed by atoms with Crippen molar-refractivity contribution in [2.75, 3.05) is 7.05 Å². The van der Waals surface area contributed by atoms with Gasteiger partial charge in [-0.3, -0.25) is 4.79 Å². The Morgan fingerprint density at radius 1 is 1.38 bits per heavy atom. The summed E-state index contributed by atoms with van der Waals surface area (Å²) in [6.07, 6.45) is 0.389. The molecule has 1 aromatic heterocycles. The summed E-state index contributed by atoms with van der Waals surface area (Å²) in [6.45, 7) is 3.89. The standard InChI is InChI=1S/C18H19Cl2NO3/c1-4-15-9(2)5-16(24-15)18(23)21(3)17-12-6-10(19)7-13(20)11(12)8-14(17)22/h5-7,14,17,22H,4,8H2,1-3H3/t14-,17+/m1/s1. The van der Waals surface area contributed by atoms with E-state index in [2.05, 4.69) is 0 Å². The van der Waals surface area contributed by atoms with Crippen LogP contribution in [0.1, 0.15) is 46.0 Å². The van der Waals surface area contributed by atoms with Gasteiger partial charge in [-0.15, -0.1) is 0 Å². The number of carbonyl (C=O) groups excluding carboxylic acids is 1. The minimum atomic E-state index is -0.730. The second kappa shape index (κ2) is 6.43. The molecule has 1 amide bonds. The normalized spacial score (nSPS) is 19.4. The number of aryl methyl sites for hydroxylation is 2. The summed E-state index contributed by atoms with van der Waals surface area (Å²) in [5, 5.41) is 11.5. The van der Waals surface area contributed by atoms with Crippen molar-refractivity contribution in [2.45, 2.75) is 38.8 Å². The minimum Gasteiger partial charge on any atom is -0.456 e. The van der Waals surface area contributed by atoms with Crippen LogP contribution in [0.3, 0.4) is 0 Å². The SMILES string of the molecule is CCc1oc(C(=O)N(C)[C@H]2c3cc(Cl)cc(Cl)c3C[C@H]2O)cc1C. The lowest BCUT2D eigenvalue weighted by Gasteiger charge is -2.27. The number of likely N-dealkylation sites (N-methyl/N-ethyl adjacent to an activating group) is 1. The van der Waals surface area contributed by atoms with Crippen molar-refractivity contribution in [1.82, 2.24) is 4.90 Å². The smallest absolute Gasteiger partial charge is 0.289 e. The Kier molecular flexibility index (Phi) is 4.65. The van der Waals surface area contributed by atoms with E-state index in [4.69, 9.17) is 27.6 Å². The van der Waals surface area contributed by atoms with Crippen molar-refractivity contribution >= 4 is 29.1 Å². The van der Waals surface area contributed by atoms with E-state index in [0.717, 1.165) is 28.9 Å². The first-order valence-electron chi connectivity index (χ1n) is 7.85. The fourth-order valence-corrected chi connectivity index (χ4v) is 3.96. The van der Waals surface area contributed by atoms with Crippen LogP contribution in [0, 0.1) is 6.92 Å². The van der Waals surface area contributed by atoms with Crippen LogP contribution in [0.2, 0.25) is 10.0 Å². The molecule has 0 bridgehead atoms. The van der Waals surface area contributed by atoms with Crippen molar-refractivity contribution in [1.29, 1.82) is 0 Å². The Hall–Kier alpha value is -1.49. The molecule has 0 unspecified atom stereocenters. The van der Waals surface area contributed by atoms with Gasteiger partial charge in [0.1, 0.15) is 5.76 Å². The monoisotopic (exact) mass is 367 g/mol. The van der Waals surface area contributed by atoms with Crippen molar-refractivity contribution < 1.29 is 14.3 Å². The zero-order chi connectivity index (χ0) is 17.6. The maximum absolute atomic E-state index is 12.8. The molecule has 1 aromatic carbocycles. The van der Waals surface area contributed by atoms with Gasteiger partial charge in [-0.2, -0.15) is 0 Å². The van der Waals surface area contributed by atoms with Crippen LogP contribution in [-0.2, 0) is 12.8 Å². The number of benzene rings is 1. The van der Waals surface area contributed by atoms with E-state index in [1.165, 1.54) is 4.90 Å².